The Kier molecular flexibility index (Phi) is 3.61. The summed E-state index contributed by atoms with van der Waals surface area (Å²) in [6.07, 6.45) is 3.93. The van der Waals surface area contributed by atoms with Crippen LogP contribution in [0.5, 0.6) is 0 Å². The SMILES string of the molecule is Cc1cc(CN2CCO[C@H](Cn3cccn3)C2)no1. The number of hydrogen-bond acceptors (Lipinski definition) is 5. The third-order valence-electron chi connectivity index (χ3n) is 3.24. The van der Waals surface area contributed by atoms with E-state index >= 15 is 0 Å². The van der Waals surface area contributed by atoms with Crippen molar-refractivity contribution in [1.29, 1.82) is 0 Å². The van der Waals surface area contributed by atoms with Gasteiger partial charge in [0.2, 0.25) is 0 Å². The summed E-state index contributed by atoms with van der Waals surface area (Å²) in [6.45, 7) is 6.10. The van der Waals surface area contributed by atoms with Crippen molar-refractivity contribution in [3.8, 4) is 0 Å². The summed E-state index contributed by atoms with van der Waals surface area (Å²) in [5.74, 6) is 0.858. The molecule has 0 unspecified atom stereocenters. The Morgan fingerprint density at radius 2 is 2.42 bits per heavy atom. The zero-order valence-electron chi connectivity index (χ0n) is 11.0. The van der Waals surface area contributed by atoms with Crippen LogP contribution in [0, 0.1) is 6.92 Å². The van der Waals surface area contributed by atoms with Gasteiger partial charge in [0.15, 0.2) is 0 Å². The highest BCUT2D eigenvalue weighted by molar-refractivity contribution is 5.03. The third-order valence-corrected chi connectivity index (χ3v) is 3.24. The third kappa shape index (κ3) is 3.21. The van der Waals surface area contributed by atoms with Crippen LogP contribution < -0.4 is 0 Å². The first-order valence-corrected chi connectivity index (χ1v) is 6.53. The maximum Gasteiger partial charge on any atom is 0.133 e. The first-order chi connectivity index (χ1) is 9.29. The zero-order chi connectivity index (χ0) is 13.1. The van der Waals surface area contributed by atoms with Crippen LogP contribution in [0.1, 0.15) is 11.5 Å². The van der Waals surface area contributed by atoms with Crippen molar-refractivity contribution in [1.82, 2.24) is 19.8 Å². The Bertz CT molecular complexity index is 508. The molecule has 0 saturated carbocycles. The number of aromatic nitrogens is 3. The Labute approximate surface area is 111 Å². The Hall–Kier alpha value is -1.66. The van der Waals surface area contributed by atoms with Gasteiger partial charge < -0.3 is 9.26 Å². The van der Waals surface area contributed by atoms with Crippen LogP contribution in [-0.4, -0.2) is 45.6 Å². The molecule has 2 aromatic rings. The van der Waals surface area contributed by atoms with Gasteiger partial charge in [0.05, 0.1) is 24.9 Å². The molecule has 0 aromatic carbocycles. The van der Waals surface area contributed by atoms with Crippen LogP contribution in [0.25, 0.3) is 0 Å². The number of morpholine rings is 1. The summed E-state index contributed by atoms with van der Waals surface area (Å²) in [7, 11) is 0. The monoisotopic (exact) mass is 262 g/mol. The maximum absolute atomic E-state index is 5.78. The van der Waals surface area contributed by atoms with E-state index in [2.05, 4.69) is 15.2 Å². The second-order valence-corrected chi connectivity index (χ2v) is 4.88. The average Bonchev–Trinajstić information content (AvgIpc) is 3.02. The van der Waals surface area contributed by atoms with Gasteiger partial charge in [-0.25, -0.2) is 0 Å². The molecule has 6 nitrogen and oxygen atoms in total. The quantitative estimate of drug-likeness (QED) is 0.825. The lowest BCUT2D eigenvalue weighted by Crippen LogP contribution is -2.43. The average molecular weight is 262 g/mol. The normalized spacial score (nSPS) is 20.8. The lowest BCUT2D eigenvalue weighted by molar-refractivity contribution is -0.0407. The first-order valence-electron chi connectivity index (χ1n) is 6.53. The fourth-order valence-corrected chi connectivity index (χ4v) is 2.37. The minimum atomic E-state index is 0.182. The highest BCUT2D eigenvalue weighted by Crippen LogP contribution is 2.11. The second kappa shape index (κ2) is 5.54. The van der Waals surface area contributed by atoms with E-state index in [-0.39, 0.29) is 6.10 Å². The second-order valence-electron chi connectivity index (χ2n) is 4.88. The van der Waals surface area contributed by atoms with Crippen molar-refractivity contribution in [2.75, 3.05) is 19.7 Å². The predicted octanol–water partition coefficient (Wildman–Crippen LogP) is 1.08. The molecule has 1 aliphatic rings. The molecule has 6 heteroatoms. The largest absolute Gasteiger partial charge is 0.374 e. The smallest absolute Gasteiger partial charge is 0.133 e. The van der Waals surface area contributed by atoms with Gasteiger partial charge in [-0.3, -0.25) is 9.58 Å². The molecule has 1 saturated heterocycles. The van der Waals surface area contributed by atoms with Gasteiger partial charge in [-0.2, -0.15) is 5.10 Å². The molecule has 2 aromatic heterocycles. The zero-order valence-corrected chi connectivity index (χ0v) is 11.0. The van der Waals surface area contributed by atoms with Crippen LogP contribution in [0.3, 0.4) is 0 Å². The van der Waals surface area contributed by atoms with Crippen LogP contribution in [0.15, 0.2) is 29.0 Å². The highest BCUT2D eigenvalue weighted by Gasteiger charge is 2.21. The van der Waals surface area contributed by atoms with Crippen LogP contribution in [-0.2, 0) is 17.8 Å². The summed E-state index contributed by atoms with van der Waals surface area (Å²) in [4.78, 5) is 2.34. The topological polar surface area (TPSA) is 56.3 Å². The fourth-order valence-electron chi connectivity index (χ4n) is 2.37. The standard InChI is InChI=1S/C13H18N4O2/c1-11-7-12(15-19-11)8-16-5-6-18-13(9-16)10-17-4-2-3-14-17/h2-4,7,13H,5-6,8-10H2,1H3/t13-/m0/s1. The van der Waals surface area contributed by atoms with Crippen LogP contribution in [0.4, 0.5) is 0 Å². The molecule has 0 bridgehead atoms. The Morgan fingerprint density at radius 1 is 1.47 bits per heavy atom. The molecule has 3 heterocycles. The van der Waals surface area contributed by atoms with Crippen molar-refractivity contribution < 1.29 is 9.26 Å². The number of nitrogens with zero attached hydrogens (tertiary/aromatic N) is 4. The van der Waals surface area contributed by atoms with E-state index in [4.69, 9.17) is 9.26 Å². The molecule has 0 N–H and O–H groups in total. The van der Waals surface area contributed by atoms with Gasteiger partial charge in [0.1, 0.15) is 5.76 Å². The predicted molar refractivity (Wildman–Crippen MR) is 68.5 cm³/mol. The van der Waals surface area contributed by atoms with Gasteiger partial charge >= 0.3 is 0 Å². The molecule has 102 valence electrons. The lowest BCUT2D eigenvalue weighted by Gasteiger charge is -2.32. The van der Waals surface area contributed by atoms with Gasteiger partial charge in [0, 0.05) is 38.1 Å². The summed E-state index contributed by atoms with van der Waals surface area (Å²) in [5, 5.41) is 8.25. The van der Waals surface area contributed by atoms with E-state index in [9.17, 15) is 0 Å². The fraction of sp³-hybridized carbons (Fsp3) is 0.538. The minimum Gasteiger partial charge on any atom is -0.374 e. The molecule has 3 rings (SSSR count). The summed E-state index contributed by atoms with van der Waals surface area (Å²) >= 11 is 0. The number of rotatable bonds is 4. The number of ether oxygens (including phenoxy) is 1. The molecule has 0 radical (unpaired) electrons. The van der Waals surface area contributed by atoms with Crippen LogP contribution in [0.2, 0.25) is 0 Å². The van der Waals surface area contributed by atoms with E-state index in [0.29, 0.717) is 0 Å². The van der Waals surface area contributed by atoms with E-state index in [0.717, 1.165) is 44.2 Å². The summed E-state index contributed by atoms with van der Waals surface area (Å²) < 4.78 is 12.8. The summed E-state index contributed by atoms with van der Waals surface area (Å²) in [6, 6.07) is 3.91. The minimum absolute atomic E-state index is 0.182. The van der Waals surface area contributed by atoms with Crippen LogP contribution >= 0.6 is 0 Å². The van der Waals surface area contributed by atoms with Crippen molar-refractivity contribution in [3.05, 3.63) is 36.0 Å². The van der Waals surface area contributed by atoms with Crippen molar-refractivity contribution in [3.63, 3.8) is 0 Å². The molecular formula is C13H18N4O2. The lowest BCUT2D eigenvalue weighted by atomic mass is 10.2. The van der Waals surface area contributed by atoms with E-state index < -0.39 is 0 Å². The molecule has 0 aliphatic carbocycles. The van der Waals surface area contributed by atoms with E-state index in [1.54, 1.807) is 6.20 Å². The summed E-state index contributed by atoms with van der Waals surface area (Å²) in [5.41, 5.74) is 0.984. The van der Waals surface area contributed by atoms with E-state index in [1.165, 1.54) is 0 Å². The molecule has 0 amide bonds. The Morgan fingerprint density at radius 3 is 3.16 bits per heavy atom. The molecule has 1 aliphatic heterocycles. The molecule has 1 fully saturated rings. The Balaban J connectivity index is 1.55. The number of aryl methyl sites for hydroxylation is 1. The highest BCUT2D eigenvalue weighted by atomic mass is 16.5. The van der Waals surface area contributed by atoms with Gasteiger partial charge in [0.25, 0.3) is 0 Å². The molecule has 0 spiro atoms. The molecule has 1 atom stereocenters. The molecular weight excluding hydrogens is 244 g/mol. The number of hydrogen-bond donors (Lipinski definition) is 0. The van der Waals surface area contributed by atoms with Crippen molar-refractivity contribution in [2.24, 2.45) is 0 Å². The van der Waals surface area contributed by atoms with E-state index in [1.807, 2.05) is 29.9 Å². The van der Waals surface area contributed by atoms with Gasteiger partial charge in [-0.15, -0.1) is 0 Å². The molecule has 19 heavy (non-hydrogen) atoms. The van der Waals surface area contributed by atoms with Crippen molar-refractivity contribution >= 4 is 0 Å². The van der Waals surface area contributed by atoms with Gasteiger partial charge in [-0.05, 0) is 13.0 Å². The first kappa shape index (κ1) is 12.4. The van der Waals surface area contributed by atoms with Gasteiger partial charge in [-0.1, -0.05) is 5.16 Å². The maximum atomic E-state index is 5.78. The van der Waals surface area contributed by atoms with Crippen molar-refractivity contribution in [2.45, 2.75) is 26.1 Å².